The van der Waals surface area contributed by atoms with Crippen LogP contribution >= 0.6 is 0 Å². The monoisotopic (exact) mass is 421 g/mol. The highest BCUT2D eigenvalue weighted by Crippen LogP contribution is 2.22. The molecule has 0 atom stereocenters. The Labute approximate surface area is 175 Å². The van der Waals surface area contributed by atoms with Crippen molar-refractivity contribution in [3.63, 3.8) is 0 Å². The minimum atomic E-state index is -3.20. The molecule has 0 amide bonds. The van der Waals surface area contributed by atoms with E-state index in [0.717, 1.165) is 30.3 Å². The zero-order valence-electron chi connectivity index (χ0n) is 17.8. The second-order valence-electron chi connectivity index (χ2n) is 8.53. The van der Waals surface area contributed by atoms with E-state index in [-0.39, 0.29) is 17.6 Å². The molecule has 2 heterocycles. The van der Waals surface area contributed by atoms with Crippen molar-refractivity contribution in [2.75, 3.05) is 18.8 Å². The Kier molecular flexibility index (Phi) is 7.68. The number of unbranched alkanes of at least 4 members (excludes halogenated alkanes) is 1. The number of carbonyl (C=O) groups is 1. The van der Waals surface area contributed by atoms with E-state index in [4.69, 9.17) is 4.99 Å². The van der Waals surface area contributed by atoms with Crippen molar-refractivity contribution in [3.8, 4) is 0 Å². The van der Waals surface area contributed by atoms with Gasteiger partial charge in [0.25, 0.3) is 0 Å². The number of aryl methyl sites for hydroxylation is 1. The van der Waals surface area contributed by atoms with Crippen LogP contribution < -0.4 is 5.49 Å². The van der Waals surface area contributed by atoms with E-state index in [0.29, 0.717) is 38.4 Å². The number of piperidine rings is 1. The molecule has 0 spiro atoms. The topological polar surface area (TPSA) is 71.7 Å². The Balaban J connectivity index is 1.72. The van der Waals surface area contributed by atoms with Crippen LogP contribution in [-0.2, 0) is 10.0 Å². The van der Waals surface area contributed by atoms with Gasteiger partial charge in [-0.25, -0.2) is 12.7 Å². The molecule has 2 aliphatic rings. The van der Waals surface area contributed by atoms with Crippen LogP contribution in [0.25, 0.3) is 0 Å². The van der Waals surface area contributed by atoms with Crippen molar-refractivity contribution in [1.82, 2.24) is 8.87 Å². The van der Waals surface area contributed by atoms with Crippen LogP contribution in [0.4, 0.5) is 0 Å². The van der Waals surface area contributed by atoms with E-state index in [1.54, 1.807) is 8.87 Å². The predicted molar refractivity (Wildman–Crippen MR) is 115 cm³/mol. The molecule has 162 valence electrons. The van der Waals surface area contributed by atoms with Crippen LogP contribution in [0.3, 0.4) is 0 Å². The first kappa shape index (κ1) is 22.2. The fourth-order valence-electron chi connectivity index (χ4n) is 4.31. The van der Waals surface area contributed by atoms with Crippen molar-refractivity contribution >= 4 is 15.9 Å². The molecule has 3 rings (SSSR count). The summed E-state index contributed by atoms with van der Waals surface area (Å²) in [7, 11) is -3.20. The Morgan fingerprint density at radius 3 is 2.48 bits per heavy atom. The minimum Gasteiger partial charge on any atom is -0.274 e. The number of nitrogens with zero attached hydrogens (tertiary/aromatic N) is 3. The fraction of sp³-hybridized carbons (Fsp3) is 0.727. The molecule has 0 aromatic carbocycles. The number of carbonyl (C=O) groups excluding carboxylic acids is 1. The Bertz CT molecular complexity index is 862. The van der Waals surface area contributed by atoms with Gasteiger partial charge in [-0.15, -0.1) is 0 Å². The van der Waals surface area contributed by atoms with Gasteiger partial charge in [0.05, 0.1) is 11.8 Å². The molecule has 6 nitrogen and oxygen atoms in total. The summed E-state index contributed by atoms with van der Waals surface area (Å²) >= 11 is 0. The third-order valence-corrected chi connectivity index (χ3v) is 8.13. The van der Waals surface area contributed by atoms with E-state index in [1.807, 2.05) is 32.2 Å². The molecule has 1 aliphatic carbocycles. The highest BCUT2D eigenvalue weighted by atomic mass is 32.2. The number of aromatic nitrogens is 1. The van der Waals surface area contributed by atoms with Gasteiger partial charge in [-0.2, -0.15) is 0 Å². The lowest BCUT2D eigenvalue weighted by atomic mass is 9.96. The third-order valence-electron chi connectivity index (χ3n) is 6.17. The first-order valence-corrected chi connectivity index (χ1v) is 12.8. The SMILES string of the molecule is CCCCS(=O)(=O)N1CCC(C(=O)n2ccc(C)cc2=NC2CCCCC2)CC1. The highest BCUT2D eigenvalue weighted by Gasteiger charge is 2.31. The van der Waals surface area contributed by atoms with Crippen molar-refractivity contribution in [3.05, 3.63) is 29.4 Å². The summed E-state index contributed by atoms with van der Waals surface area (Å²) < 4.78 is 28.1. The van der Waals surface area contributed by atoms with E-state index in [2.05, 4.69) is 0 Å². The van der Waals surface area contributed by atoms with Gasteiger partial charge < -0.3 is 0 Å². The third kappa shape index (κ3) is 5.79. The van der Waals surface area contributed by atoms with Crippen LogP contribution in [0.2, 0.25) is 0 Å². The van der Waals surface area contributed by atoms with E-state index >= 15 is 0 Å². The van der Waals surface area contributed by atoms with Crippen molar-refractivity contribution in [2.45, 2.75) is 77.7 Å². The molecular formula is C22H35N3O3S. The van der Waals surface area contributed by atoms with Gasteiger partial charge in [-0.05, 0) is 56.7 Å². The smallest absolute Gasteiger partial charge is 0.235 e. The normalized spacial score (nSPS) is 20.8. The summed E-state index contributed by atoms with van der Waals surface area (Å²) in [6.45, 7) is 4.89. The maximum Gasteiger partial charge on any atom is 0.235 e. The average molecular weight is 422 g/mol. The Morgan fingerprint density at radius 1 is 1.14 bits per heavy atom. The van der Waals surface area contributed by atoms with Crippen LogP contribution in [-0.4, -0.2) is 48.1 Å². The highest BCUT2D eigenvalue weighted by molar-refractivity contribution is 7.89. The van der Waals surface area contributed by atoms with Crippen LogP contribution in [0.15, 0.2) is 23.3 Å². The molecular weight excluding hydrogens is 386 g/mol. The maximum absolute atomic E-state index is 13.2. The number of rotatable bonds is 6. The van der Waals surface area contributed by atoms with Gasteiger partial charge in [-0.3, -0.25) is 14.4 Å². The molecule has 0 unspecified atom stereocenters. The zero-order chi connectivity index (χ0) is 20.9. The second kappa shape index (κ2) is 10.0. The number of hydrogen-bond acceptors (Lipinski definition) is 4. The molecule has 0 N–H and O–H groups in total. The lowest BCUT2D eigenvalue weighted by molar-refractivity contribution is 0.0780. The van der Waals surface area contributed by atoms with E-state index < -0.39 is 10.0 Å². The lowest BCUT2D eigenvalue weighted by Gasteiger charge is -2.30. The molecule has 2 fully saturated rings. The molecule has 1 saturated heterocycles. The summed E-state index contributed by atoms with van der Waals surface area (Å²) in [6, 6.07) is 4.24. The molecule has 1 aromatic rings. The fourth-order valence-corrected chi connectivity index (χ4v) is 5.99. The summed E-state index contributed by atoms with van der Waals surface area (Å²) in [6.07, 6.45) is 10.4. The molecule has 1 saturated carbocycles. The van der Waals surface area contributed by atoms with E-state index in [1.165, 1.54) is 19.3 Å². The summed E-state index contributed by atoms with van der Waals surface area (Å²) in [5, 5.41) is 0. The second-order valence-corrected chi connectivity index (χ2v) is 10.6. The molecule has 1 aliphatic heterocycles. The first-order valence-electron chi connectivity index (χ1n) is 11.2. The van der Waals surface area contributed by atoms with Crippen LogP contribution in [0.1, 0.15) is 75.1 Å². The van der Waals surface area contributed by atoms with Crippen LogP contribution in [0.5, 0.6) is 0 Å². The summed E-state index contributed by atoms with van der Waals surface area (Å²) in [5.41, 5.74) is 1.85. The first-order chi connectivity index (χ1) is 13.9. The molecule has 0 radical (unpaired) electrons. The van der Waals surface area contributed by atoms with E-state index in [9.17, 15) is 13.2 Å². The van der Waals surface area contributed by atoms with Crippen molar-refractivity contribution in [1.29, 1.82) is 0 Å². The van der Waals surface area contributed by atoms with Crippen LogP contribution in [0, 0.1) is 12.8 Å². The van der Waals surface area contributed by atoms with Crippen molar-refractivity contribution < 1.29 is 13.2 Å². The quantitative estimate of drug-likeness (QED) is 0.706. The predicted octanol–water partition coefficient (Wildman–Crippen LogP) is 3.51. The number of sulfonamides is 1. The standard InChI is InChI=1S/C22H35N3O3S/c1-3-4-16-29(27,28)24-13-11-19(12-14-24)22(26)25-15-10-18(2)17-21(25)23-20-8-6-5-7-9-20/h10,15,17,19-20H,3-9,11-14,16H2,1-2H3. The lowest BCUT2D eigenvalue weighted by Crippen LogP contribution is -2.43. The van der Waals surface area contributed by atoms with Gasteiger partial charge >= 0.3 is 0 Å². The largest absolute Gasteiger partial charge is 0.274 e. The molecule has 7 heteroatoms. The molecule has 29 heavy (non-hydrogen) atoms. The number of pyridine rings is 1. The average Bonchev–Trinajstić information content (AvgIpc) is 2.73. The Hall–Kier alpha value is -1.47. The Morgan fingerprint density at radius 2 is 1.83 bits per heavy atom. The minimum absolute atomic E-state index is 0.0464. The molecule has 0 bridgehead atoms. The van der Waals surface area contributed by atoms with Gasteiger partial charge in [0.1, 0.15) is 5.49 Å². The van der Waals surface area contributed by atoms with Crippen molar-refractivity contribution in [2.24, 2.45) is 10.9 Å². The van der Waals surface area contributed by atoms with Gasteiger partial charge in [0, 0.05) is 25.2 Å². The summed E-state index contributed by atoms with van der Waals surface area (Å²) in [4.78, 5) is 18.2. The molecule has 1 aromatic heterocycles. The van der Waals surface area contributed by atoms with Gasteiger partial charge in [0.2, 0.25) is 15.9 Å². The maximum atomic E-state index is 13.2. The number of hydrogen-bond donors (Lipinski definition) is 0. The van der Waals surface area contributed by atoms with Gasteiger partial charge in [0.15, 0.2) is 0 Å². The zero-order valence-corrected chi connectivity index (χ0v) is 18.7. The van der Waals surface area contributed by atoms with Gasteiger partial charge in [-0.1, -0.05) is 32.6 Å². The summed E-state index contributed by atoms with van der Waals surface area (Å²) in [5.74, 6) is 0.102.